The Balaban J connectivity index is 1.83. The SMILES string of the molecule is O=CC(CC(=O)NNC(=S)Nc1ccccc1Cl)C(S)Nc1ccc(NS(=O)(=O)O)cc1. The maximum Gasteiger partial charge on any atom is 0.357 e. The molecule has 0 fully saturated rings. The molecule has 0 saturated heterocycles. The average Bonchev–Trinajstić information content (AvgIpc) is 2.72. The standard InChI is InChI=1S/C18H20ClN5O5S3/c19-14-3-1-2-4-15(14)21-18(31)23-22-16(26)9-11(10-25)17(30)20-12-5-7-13(8-6-12)24-32(27,28)29/h1-8,10-11,17,20,24,30H,9H2,(H,22,26)(H2,21,23,31)(H,27,28,29). The third kappa shape index (κ3) is 8.88. The number of benzene rings is 2. The van der Waals surface area contributed by atoms with Crippen LogP contribution < -0.4 is 26.2 Å². The van der Waals surface area contributed by atoms with Crippen molar-refractivity contribution in [3.05, 3.63) is 53.6 Å². The van der Waals surface area contributed by atoms with Crippen molar-refractivity contribution >= 4 is 81.1 Å². The van der Waals surface area contributed by atoms with E-state index >= 15 is 0 Å². The van der Waals surface area contributed by atoms with Crippen molar-refractivity contribution in [3.8, 4) is 0 Å². The number of nitrogens with one attached hydrogen (secondary N) is 5. The third-order valence-corrected chi connectivity index (χ3v) is 5.42. The largest absolute Gasteiger partial charge is 0.373 e. The summed E-state index contributed by atoms with van der Waals surface area (Å²) in [6.07, 6.45) is 0.410. The van der Waals surface area contributed by atoms with Crippen LogP contribution in [0, 0.1) is 5.92 Å². The predicted octanol–water partition coefficient (Wildman–Crippen LogP) is 2.45. The molecular weight excluding hydrogens is 498 g/mol. The normalized spacial score (nSPS) is 12.7. The Kier molecular flexibility index (Phi) is 9.53. The van der Waals surface area contributed by atoms with Gasteiger partial charge in [0.1, 0.15) is 6.29 Å². The number of anilines is 3. The highest BCUT2D eigenvalue weighted by molar-refractivity contribution is 7.87. The molecule has 2 atom stereocenters. The minimum Gasteiger partial charge on any atom is -0.373 e. The summed E-state index contributed by atoms with van der Waals surface area (Å²) in [6.45, 7) is 0. The second kappa shape index (κ2) is 11.9. The molecule has 0 aliphatic rings. The smallest absolute Gasteiger partial charge is 0.357 e. The summed E-state index contributed by atoms with van der Waals surface area (Å²) >= 11 is 15.4. The maximum absolute atomic E-state index is 12.2. The number of para-hydroxylation sites is 1. The van der Waals surface area contributed by atoms with E-state index < -0.39 is 27.5 Å². The van der Waals surface area contributed by atoms with Crippen LogP contribution >= 0.6 is 36.4 Å². The lowest BCUT2D eigenvalue weighted by Crippen LogP contribution is -2.45. The van der Waals surface area contributed by atoms with Crippen LogP contribution in [0.25, 0.3) is 0 Å². The zero-order valence-corrected chi connectivity index (χ0v) is 19.6. The van der Waals surface area contributed by atoms with Crippen LogP contribution in [0.5, 0.6) is 0 Å². The van der Waals surface area contributed by atoms with Gasteiger partial charge >= 0.3 is 10.3 Å². The van der Waals surface area contributed by atoms with Gasteiger partial charge in [0.25, 0.3) is 0 Å². The molecule has 0 aliphatic heterocycles. The number of thiocarbonyl (C=S) groups is 1. The van der Waals surface area contributed by atoms with Gasteiger partial charge in [0.05, 0.1) is 27.7 Å². The Morgan fingerprint density at radius 1 is 1.12 bits per heavy atom. The number of amides is 1. The van der Waals surface area contributed by atoms with Gasteiger partial charge in [0, 0.05) is 12.1 Å². The number of carbonyl (C=O) groups is 2. The van der Waals surface area contributed by atoms with Gasteiger partial charge in [-0.2, -0.15) is 21.0 Å². The van der Waals surface area contributed by atoms with E-state index in [0.29, 0.717) is 22.7 Å². The summed E-state index contributed by atoms with van der Waals surface area (Å²) in [6, 6.07) is 12.7. The fourth-order valence-electron chi connectivity index (χ4n) is 2.40. The second-order valence-corrected chi connectivity index (χ2v) is 8.88. The summed E-state index contributed by atoms with van der Waals surface area (Å²) in [7, 11) is -4.38. The van der Waals surface area contributed by atoms with Crippen molar-refractivity contribution in [2.45, 2.75) is 11.8 Å². The summed E-state index contributed by atoms with van der Waals surface area (Å²) in [5.41, 5.74) is 6.14. The Hall–Kier alpha value is -2.58. The molecule has 32 heavy (non-hydrogen) atoms. The van der Waals surface area contributed by atoms with Crippen molar-refractivity contribution in [1.82, 2.24) is 10.9 Å². The van der Waals surface area contributed by atoms with Crippen LogP contribution in [0.15, 0.2) is 48.5 Å². The van der Waals surface area contributed by atoms with Crippen LogP contribution in [-0.4, -0.2) is 35.7 Å². The quantitative estimate of drug-likeness (QED) is 0.0664. The van der Waals surface area contributed by atoms with E-state index in [2.05, 4.69) is 34.1 Å². The number of thiol groups is 1. The van der Waals surface area contributed by atoms with Crippen molar-refractivity contribution in [3.63, 3.8) is 0 Å². The molecule has 0 radical (unpaired) electrons. The van der Waals surface area contributed by atoms with Crippen LogP contribution in [0.1, 0.15) is 6.42 Å². The predicted molar refractivity (Wildman–Crippen MR) is 131 cm³/mol. The Bertz CT molecular complexity index is 1070. The van der Waals surface area contributed by atoms with E-state index in [1.54, 1.807) is 24.3 Å². The van der Waals surface area contributed by atoms with Crippen molar-refractivity contribution in [2.24, 2.45) is 5.92 Å². The first kappa shape index (κ1) is 25.7. The van der Waals surface area contributed by atoms with Crippen LogP contribution in [-0.2, 0) is 19.9 Å². The van der Waals surface area contributed by atoms with Crippen molar-refractivity contribution < 1.29 is 22.6 Å². The van der Waals surface area contributed by atoms with E-state index in [4.69, 9.17) is 28.4 Å². The maximum atomic E-state index is 12.2. The van der Waals surface area contributed by atoms with Gasteiger partial charge in [-0.25, -0.2) is 0 Å². The summed E-state index contributed by atoms with van der Waals surface area (Å²) < 4.78 is 32.3. The number of hydrazine groups is 1. The lowest BCUT2D eigenvalue weighted by Gasteiger charge is -2.21. The Morgan fingerprint density at radius 3 is 2.34 bits per heavy atom. The number of halogens is 1. The van der Waals surface area contributed by atoms with Crippen molar-refractivity contribution in [1.29, 1.82) is 0 Å². The molecule has 0 heterocycles. The zero-order chi connectivity index (χ0) is 23.7. The highest BCUT2D eigenvalue weighted by Gasteiger charge is 2.21. The van der Waals surface area contributed by atoms with Gasteiger partial charge in [-0.3, -0.25) is 24.9 Å². The van der Waals surface area contributed by atoms with Gasteiger partial charge < -0.3 is 15.4 Å². The molecule has 0 aromatic heterocycles. The summed E-state index contributed by atoms with van der Waals surface area (Å²) in [5, 5.41) is 5.60. The molecule has 10 nitrogen and oxygen atoms in total. The van der Waals surface area contributed by atoms with E-state index in [9.17, 15) is 18.0 Å². The summed E-state index contributed by atoms with van der Waals surface area (Å²) in [5.74, 6) is -1.29. The molecule has 0 aliphatic carbocycles. The lowest BCUT2D eigenvalue weighted by atomic mass is 10.1. The van der Waals surface area contributed by atoms with Crippen molar-refractivity contribution in [2.75, 3.05) is 15.4 Å². The Morgan fingerprint density at radius 2 is 1.75 bits per heavy atom. The first-order chi connectivity index (χ1) is 15.1. The van der Waals surface area contributed by atoms with Gasteiger partial charge in [-0.1, -0.05) is 23.7 Å². The fourth-order valence-corrected chi connectivity index (χ4v) is 3.51. The Labute approximate surface area is 200 Å². The van der Waals surface area contributed by atoms with Gasteiger partial charge in [0.15, 0.2) is 5.11 Å². The topological polar surface area (TPSA) is 149 Å². The molecule has 14 heteroatoms. The van der Waals surface area contributed by atoms with Crippen LogP contribution in [0.2, 0.25) is 5.02 Å². The minimum atomic E-state index is -4.38. The summed E-state index contributed by atoms with van der Waals surface area (Å²) in [4.78, 5) is 23.6. The first-order valence-corrected chi connectivity index (χ1v) is 11.7. The van der Waals surface area contributed by atoms with Gasteiger partial charge in [0.2, 0.25) is 5.91 Å². The highest BCUT2D eigenvalue weighted by Crippen LogP contribution is 2.21. The second-order valence-electron chi connectivity index (χ2n) is 6.35. The number of hydrogen-bond donors (Lipinski definition) is 7. The number of aldehydes is 1. The van der Waals surface area contributed by atoms with E-state index in [0.717, 1.165) is 0 Å². The molecule has 6 N–H and O–H groups in total. The minimum absolute atomic E-state index is 0.105. The third-order valence-electron chi connectivity index (χ3n) is 3.89. The van der Waals surface area contributed by atoms with Crippen LogP contribution in [0.3, 0.4) is 0 Å². The fraction of sp³-hybridized carbons (Fsp3) is 0.167. The van der Waals surface area contributed by atoms with Gasteiger partial charge in [-0.15, -0.1) is 0 Å². The van der Waals surface area contributed by atoms with Crippen LogP contribution in [0.4, 0.5) is 17.1 Å². The molecule has 0 bridgehead atoms. The molecule has 0 spiro atoms. The lowest BCUT2D eigenvalue weighted by molar-refractivity contribution is -0.124. The van der Waals surface area contributed by atoms with E-state index in [-0.39, 0.29) is 17.2 Å². The number of rotatable bonds is 9. The first-order valence-electron chi connectivity index (χ1n) is 8.93. The monoisotopic (exact) mass is 517 g/mol. The number of hydrogen-bond acceptors (Lipinski definition) is 7. The number of carbonyl (C=O) groups excluding carboxylic acids is 2. The zero-order valence-electron chi connectivity index (χ0n) is 16.3. The molecule has 2 aromatic carbocycles. The highest BCUT2D eigenvalue weighted by atomic mass is 35.5. The van der Waals surface area contributed by atoms with E-state index in [1.807, 2.05) is 4.72 Å². The molecule has 0 saturated carbocycles. The van der Waals surface area contributed by atoms with Gasteiger partial charge in [-0.05, 0) is 48.6 Å². The average molecular weight is 518 g/mol. The molecule has 2 rings (SSSR count). The molecule has 1 amide bonds. The molecular formula is C18H20ClN5O5S3. The molecule has 2 unspecified atom stereocenters. The molecule has 2 aromatic rings. The molecule has 172 valence electrons. The van der Waals surface area contributed by atoms with E-state index in [1.165, 1.54) is 24.3 Å².